The van der Waals surface area contributed by atoms with Gasteiger partial charge in [-0.05, 0) is 37.6 Å². The van der Waals surface area contributed by atoms with Crippen LogP contribution in [0.4, 0.5) is 17.6 Å². The van der Waals surface area contributed by atoms with E-state index in [2.05, 4.69) is 20.3 Å². The van der Waals surface area contributed by atoms with Crippen molar-refractivity contribution in [3.63, 3.8) is 0 Å². The van der Waals surface area contributed by atoms with E-state index >= 15 is 0 Å². The van der Waals surface area contributed by atoms with Crippen LogP contribution in [0.25, 0.3) is 0 Å². The Bertz CT molecular complexity index is 654. The summed E-state index contributed by atoms with van der Waals surface area (Å²) in [7, 11) is 0. The van der Waals surface area contributed by atoms with E-state index < -0.39 is 0 Å². The molecule has 1 heterocycles. The number of hydrogen-bond donors (Lipinski definition) is 1. The van der Waals surface area contributed by atoms with Crippen LogP contribution in [0.1, 0.15) is 13.8 Å². The van der Waals surface area contributed by atoms with Gasteiger partial charge in [0.05, 0.1) is 6.61 Å². The molecule has 0 atom stereocenters. The molecule has 2 aromatic rings. The lowest BCUT2D eigenvalue weighted by Crippen LogP contribution is -2.28. The van der Waals surface area contributed by atoms with Crippen molar-refractivity contribution >= 4 is 35.2 Å². The minimum absolute atomic E-state index is 0.0240. The lowest BCUT2D eigenvalue weighted by Gasteiger charge is -2.22. The van der Waals surface area contributed by atoms with Crippen LogP contribution in [0.15, 0.2) is 30.3 Å². The first-order valence-electron chi connectivity index (χ1n) is 7.27. The molecule has 1 aromatic carbocycles. The molecule has 7 nitrogen and oxygen atoms in total. The fourth-order valence-electron chi connectivity index (χ4n) is 1.92. The van der Waals surface area contributed by atoms with Crippen molar-refractivity contribution in [3.05, 3.63) is 35.6 Å². The molecule has 0 unspecified atom stereocenters. The molecule has 0 amide bonds. The molecule has 0 bridgehead atoms. The van der Waals surface area contributed by atoms with E-state index in [1.165, 1.54) is 0 Å². The van der Waals surface area contributed by atoms with Crippen molar-refractivity contribution in [2.24, 2.45) is 0 Å². The minimum Gasteiger partial charge on any atom is -0.465 e. The average Bonchev–Trinajstić information content (AvgIpc) is 2.53. The highest BCUT2D eigenvalue weighted by Gasteiger charge is 2.19. The van der Waals surface area contributed by atoms with E-state index in [1.807, 2.05) is 37.3 Å². The van der Waals surface area contributed by atoms with Crippen LogP contribution in [0.5, 0.6) is 0 Å². The number of benzene rings is 1. The van der Waals surface area contributed by atoms with Crippen LogP contribution in [-0.4, -0.2) is 40.6 Å². The average molecular weight is 336 g/mol. The third kappa shape index (κ3) is 4.79. The molecule has 8 heteroatoms. The lowest BCUT2D eigenvalue weighted by atomic mass is 10.3. The van der Waals surface area contributed by atoms with Gasteiger partial charge in [-0.2, -0.15) is 15.0 Å². The van der Waals surface area contributed by atoms with Gasteiger partial charge in [-0.3, -0.25) is 9.69 Å². The molecule has 0 aliphatic heterocycles. The smallest absolute Gasteiger partial charge is 0.326 e. The Balaban J connectivity index is 2.38. The molecule has 0 fully saturated rings. The SMILES string of the molecule is CCNc1nc(Cl)nc(N(CC(=O)OCC)c2ccccc2)n1. The standard InChI is InChI=1S/C15H18ClN5O2/c1-3-17-14-18-13(16)19-15(20-14)21(10-12(22)23-4-2)11-8-6-5-7-9-11/h5-9H,3-4,10H2,1-2H3,(H,17,18,19,20). The normalized spacial score (nSPS) is 10.2. The Kier molecular flexibility index (Phi) is 6.10. The highest BCUT2D eigenvalue weighted by molar-refractivity contribution is 6.28. The number of para-hydroxylation sites is 1. The van der Waals surface area contributed by atoms with Crippen LogP contribution in [-0.2, 0) is 9.53 Å². The van der Waals surface area contributed by atoms with Crippen molar-refractivity contribution in [3.8, 4) is 0 Å². The molecule has 0 aliphatic rings. The van der Waals surface area contributed by atoms with E-state index in [9.17, 15) is 4.79 Å². The van der Waals surface area contributed by atoms with Crippen molar-refractivity contribution < 1.29 is 9.53 Å². The number of rotatable bonds is 7. The first-order chi connectivity index (χ1) is 11.1. The summed E-state index contributed by atoms with van der Waals surface area (Å²) in [5, 5.41) is 3.04. The fraction of sp³-hybridized carbons (Fsp3) is 0.333. The summed E-state index contributed by atoms with van der Waals surface area (Å²) in [6.07, 6.45) is 0. The van der Waals surface area contributed by atoms with Gasteiger partial charge in [0.2, 0.25) is 17.2 Å². The Hall–Kier alpha value is -2.41. The Labute approximate surface area is 139 Å². The minimum atomic E-state index is -0.377. The molecule has 0 aliphatic carbocycles. The summed E-state index contributed by atoms with van der Waals surface area (Å²) < 4.78 is 5.02. The molecule has 23 heavy (non-hydrogen) atoms. The number of esters is 1. The maximum Gasteiger partial charge on any atom is 0.326 e. The quantitative estimate of drug-likeness (QED) is 0.779. The van der Waals surface area contributed by atoms with Gasteiger partial charge < -0.3 is 10.1 Å². The van der Waals surface area contributed by atoms with Gasteiger partial charge >= 0.3 is 5.97 Å². The highest BCUT2D eigenvalue weighted by Crippen LogP contribution is 2.23. The monoisotopic (exact) mass is 335 g/mol. The topological polar surface area (TPSA) is 80.2 Å². The number of hydrogen-bond acceptors (Lipinski definition) is 7. The van der Waals surface area contributed by atoms with Crippen LogP contribution in [0, 0.1) is 0 Å². The lowest BCUT2D eigenvalue weighted by molar-refractivity contribution is -0.141. The zero-order chi connectivity index (χ0) is 16.7. The summed E-state index contributed by atoms with van der Waals surface area (Å²) in [5.41, 5.74) is 0.755. The van der Waals surface area contributed by atoms with E-state index in [0.29, 0.717) is 19.1 Å². The number of nitrogens with one attached hydrogen (secondary N) is 1. The van der Waals surface area contributed by atoms with Gasteiger partial charge in [0.1, 0.15) is 6.54 Å². The fourth-order valence-corrected chi connectivity index (χ4v) is 2.07. The second kappa shape index (κ2) is 8.28. The predicted molar refractivity (Wildman–Crippen MR) is 89.1 cm³/mol. The molecule has 0 spiro atoms. The van der Waals surface area contributed by atoms with E-state index in [-0.39, 0.29) is 23.7 Å². The number of halogens is 1. The molecule has 0 saturated carbocycles. The van der Waals surface area contributed by atoms with Gasteiger partial charge in [0.15, 0.2) is 0 Å². The second-order valence-electron chi connectivity index (χ2n) is 4.49. The van der Waals surface area contributed by atoms with Crippen LogP contribution in [0.3, 0.4) is 0 Å². The van der Waals surface area contributed by atoms with E-state index in [1.54, 1.807) is 11.8 Å². The summed E-state index contributed by atoms with van der Waals surface area (Å²) in [6.45, 7) is 4.60. The van der Waals surface area contributed by atoms with Crippen LogP contribution >= 0.6 is 11.6 Å². The Morgan fingerprint density at radius 2 is 1.96 bits per heavy atom. The van der Waals surface area contributed by atoms with Crippen molar-refractivity contribution in [2.45, 2.75) is 13.8 Å². The zero-order valence-electron chi connectivity index (χ0n) is 13.0. The number of nitrogens with zero attached hydrogens (tertiary/aromatic N) is 4. The van der Waals surface area contributed by atoms with Crippen molar-refractivity contribution in [1.29, 1.82) is 0 Å². The first-order valence-corrected chi connectivity index (χ1v) is 7.65. The van der Waals surface area contributed by atoms with E-state index in [0.717, 1.165) is 5.69 Å². The summed E-state index contributed by atoms with van der Waals surface area (Å²) in [6, 6.07) is 9.31. The van der Waals surface area contributed by atoms with Crippen LogP contribution < -0.4 is 10.2 Å². The first kappa shape index (κ1) is 17.0. The molecule has 0 saturated heterocycles. The molecule has 0 radical (unpaired) electrons. The maximum absolute atomic E-state index is 11.9. The van der Waals surface area contributed by atoms with Gasteiger partial charge in [0, 0.05) is 12.2 Å². The number of carbonyl (C=O) groups is 1. The predicted octanol–water partition coefficient (Wildman–Crippen LogP) is 2.66. The van der Waals surface area contributed by atoms with Gasteiger partial charge in [-0.15, -0.1) is 0 Å². The summed E-state index contributed by atoms with van der Waals surface area (Å²) >= 11 is 5.97. The number of aromatic nitrogens is 3. The summed E-state index contributed by atoms with van der Waals surface area (Å²) in [4.78, 5) is 26.0. The molecule has 1 N–H and O–H groups in total. The number of anilines is 3. The zero-order valence-corrected chi connectivity index (χ0v) is 13.7. The molecule has 122 valence electrons. The highest BCUT2D eigenvalue weighted by atomic mass is 35.5. The van der Waals surface area contributed by atoms with E-state index in [4.69, 9.17) is 16.3 Å². The van der Waals surface area contributed by atoms with Gasteiger partial charge in [0.25, 0.3) is 0 Å². The van der Waals surface area contributed by atoms with Gasteiger partial charge in [-0.25, -0.2) is 0 Å². The van der Waals surface area contributed by atoms with Crippen molar-refractivity contribution in [2.75, 3.05) is 29.9 Å². The Morgan fingerprint density at radius 1 is 1.22 bits per heavy atom. The largest absolute Gasteiger partial charge is 0.465 e. The van der Waals surface area contributed by atoms with Gasteiger partial charge in [-0.1, -0.05) is 18.2 Å². The van der Waals surface area contributed by atoms with Crippen molar-refractivity contribution in [1.82, 2.24) is 15.0 Å². The molecular weight excluding hydrogens is 318 g/mol. The Morgan fingerprint density at radius 3 is 2.61 bits per heavy atom. The molecular formula is C15H18ClN5O2. The second-order valence-corrected chi connectivity index (χ2v) is 4.82. The third-order valence-corrected chi connectivity index (χ3v) is 3.00. The number of carbonyl (C=O) groups excluding carboxylic acids is 1. The third-order valence-electron chi connectivity index (χ3n) is 2.83. The van der Waals surface area contributed by atoms with Crippen LogP contribution in [0.2, 0.25) is 5.28 Å². The molecule has 2 rings (SSSR count). The molecule has 1 aromatic heterocycles. The maximum atomic E-state index is 11.9. The summed E-state index contributed by atoms with van der Waals surface area (Å²) in [5.74, 6) is 0.255. The number of ether oxygens (including phenoxy) is 1.